The van der Waals surface area contributed by atoms with Crippen molar-refractivity contribution in [3.8, 4) is 0 Å². The number of piperazine rings is 1. The van der Waals surface area contributed by atoms with Crippen molar-refractivity contribution in [1.82, 2.24) is 14.4 Å². The van der Waals surface area contributed by atoms with Crippen molar-refractivity contribution < 1.29 is 4.79 Å². The normalized spacial score (nSPS) is 15.3. The van der Waals surface area contributed by atoms with Crippen molar-refractivity contribution >= 4 is 5.91 Å². The summed E-state index contributed by atoms with van der Waals surface area (Å²) in [5.74, 6) is 0.131. The van der Waals surface area contributed by atoms with Gasteiger partial charge in [-0.2, -0.15) is 0 Å². The quantitative estimate of drug-likeness (QED) is 0.836. The molecule has 1 aromatic heterocycles. The van der Waals surface area contributed by atoms with Crippen molar-refractivity contribution in [3.63, 3.8) is 0 Å². The molecule has 1 saturated heterocycles. The van der Waals surface area contributed by atoms with E-state index < -0.39 is 0 Å². The number of carbonyl (C=O) groups is 1. The van der Waals surface area contributed by atoms with Crippen LogP contribution in [-0.2, 0) is 17.9 Å². The van der Waals surface area contributed by atoms with Gasteiger partial charge in [-0.1, -0.05) is 30.3 Å². The average Bonchev–Trinajstić information content (AvgIpc) is 2.63. The van der Waals surface area contributed by atoms with E-state index in [0.717, 1.165) is 32.7 Å². The maximum atomic E-state index is 12.4. The summed E-state index contributed by atoms with van der Waals surface area (Å²) >= 11 is 0. The van der Waals surface area contributed by atoms with Gasteiger partial charge in [-0.3, -0.25) is 14.5 Å². The highest BCUT2D eigenvalue weighted by molar-refractivity contribution is 5.76. The first-order chi connectivity index (χ1) is 12.1. The van der Waals surface area contributed by atoms with E-state index in [0.29, 0.717) is 13.0 Å². The zero-order chi connectivity index (χ0) is 17.6. The van der Waals surface area contributed by atoms with Gasteiger partial charge in [0.15, 0.2) is 0 Å². The van der Waals surface area contributed by atoms with Gasteiger partial charge in [-0.05, 0) is 24.1 Å². The Hall–Kier alpha value is -2.40. The predicted octanol–water partition coefficient (Wildman–Crippen LogP) is 1.89. The Morgan fingerprint density at radius 3 is 2.44 bits per heavy atom. The summed E-state index contributed by atoms with van der Waals surface area (Å²) in [7, 11) is 0. The lowest BCUT2D eigenvalue weighted by Gasteiger charge is -2.35. The van der Waals surface area contributed by atoms with E-state index >= 15 is 0 Å². The molecule has 1 fully saturated rings. The summed E-state index contributed by atoms with van der Waals surface area (Å²) < 4.78 is 1.59. The molecule has 2 heterocycles. The van der Waals surface area contributed by atoms with Gasteiger partial charge in [-0.15, -0.1) is 0 Å². The first-order valence-corrected chi connectivity index (χ1v) is 8.83. The molecule has 1 amide bonds. The summed E-state index contributed by atoms with van der Waals surface area (Å²) in [6.45, 7) is 6.83. The van der Waals surface area contributed by atoms with Gasteiger partial charge in [0.1, 0.15) is 0 Å². The minimum atomic E-state index is -0.0571. The molecule has 2 aromatic rings. The number of hydrogen-bond acceptors (Lipinski definition) is 3. The first-order valence-electron chi connectivity index (χ1n) is 8.83. The molecule has 0 atom stereocenters. The number of amides is 1. The van der Waals surface area contributed by atoms with Crippen LogP contribution in [0, 0.1) is 6.92 Å². The zero-order valence-corrected chi connectivity index (χ0v) is 14.7. The Balaban J connectivity index is 1.47. The van der Waals surface area contributed by atoms with E-state index in [1.54, 1.807) is 16.8 Å². The molecule has 0 bridgehead atoms. The molecule has 3 rings (SSSR count). The zero-order valence-electron chi connectivity index (χ0n) is 14.7. The standard InChI is InChI=1S/C20H25N3O2/c1-17-6-2-3-7-18(17)16-21-12-14-23(15-13-21)20(25)9-11-22-10-5-4-8-19(22)24/h2-8,10H,9,11-16H2,1H3. The third kappa shape index (κ3) is 4.57. The molecule has 25 heavy (non-hydrogen) atoms. The number of nitrogens with zero attached hydrogens (tertiary/aromatic N) is 3. The number of hydrogen-bond donors (Lipinski definition) is 0. The summed E-state index contributed by atoms with van der Waals surface area (Å²) in [5, 5.41) is 0. The van der Waals surface area contributed by atoms with E-state index in [1.165, 1.54) is 17.2 Å². The summed E-state index contributed by atoms with van der Waals surface area (Å²) in [6, 6.07) is 13.5. The number of aromatic nitrogens is 1. The SMILES string of the molecule is Cc1ccccc1CN1CCN(C(=O)CCn2ccccc2=O)CC1. The molecule has 1 aliphatic rings. The van der Waals surface area contributed by atoms with Gasteiger partial charge in [-0.25, -0.2) is 0 Å². The van der Waals surface area contributed by atoms with Gasteiger partial charge in [0.2, 0.25) is 5.91 Å². The molecule has 0 radical (unpaired) electrons. The molecule has 0 aliphatic carbocycles. The number of rotatable bonds is 5. The molecule has 132 valence electrons. The van der Waals surface area contributed by atoms with E-state index in [1.807, 2.05) is 11.0 Å². The van der Waals surface area contributed by atoms with Crippen LogP contribution < -0.4 is 5.56 Å². The highest BCUT2D eigenvalue weighted by atomic mass is 16.2. The molecule has 5 heteroatoms. The van der Waals surface area contributed by atoms with Crippen LogP contribution in [-0.4, -0.2) is 46.5 Å². The summed E-state index contributed by atoms with van der Waals surface area (Å²) in [5.41, 5.74) is 2.61. The van der Waals surface area contributed by atoms with E-state index in [2.05, 4.69) is 36.1 Å². The smallest absolute Gasteiger partial charge is 0.250 e. The fourth-order valence-corrected chi connectivity index (χ4v) is 3.20. The monoisotopic (exact) mass is 339 g/mol. The Morgan fingerprint density at radius 2 is 1.72 bits per heavy atom. The third-order valence-electron chi connectivity index (χ3n) is 4.85. The second-order valence-electron chi connectivity index (χ2n) is 6.57. The van der Waals surface area contributed by atoms with Crippen LogP contribution in [0.15, 0.2) is 53.5 Å². The van der Waals surface area contributed by atoms with Gasteiger partial charge in [0.05, 0.1) is 0 Å². The number of pyridine rings is 1. The summed E-state index contributed by atoms with van der Waals surface area (Å²) in [6.07, 6.45) is 2.11. The maximum absolute atomic E-state index is 12.4. The average molecular weight is 339 g/mol. The lowest BCUT2D eigenvalue weighted by Crippen LogP contribution is -2.48. The molecule has 0 spiro atoms. The maximum Gasteiger partial charge on any atom is 0.250 e. The van der Waals surface area contributed by atoms with Gasteiger partial charge < -0.3 is 9.47 Å². The Bertz CT molecular complexity index is 776. The molecule has 0 saturated carbocycles. The largest absolute Gasteiger partial charge is 0.340 e. The van der Waals surface area contributed by atoms with Crippen molar-refractivity contribution in [2.45, 2.75) is 26.4 Å². The number of aryl methyl sites for hydroxylation is 2. The molecule has 0 unspecified atom stereocenters. The molecule has 0 N–H and O–H groups in total. The lowest BCUT2D eigenvalue weighted by atomic mass is 10.1. The van der Waals surface area contributed by atoms with E-state index in [-0.39, 0.29) is 11.5 Å². The Labute approximate surface area is 148 Å². The minimum Gasteiger partial charge on any atom is -0.340 e. The molecule has 1 aliphatic heterocycles. The van der Waals surface area contributed by atoms with Gasteiger partial charge in [0.25, 0.3) is 5.56 Å². The van der Waals surface area contributed by atoms with Crippen molar-refractivity contribution in [3.05, 3.63) is 70.1 Å². The van der Waals surface area contributed by atoms with Crippen LogP contribution in [0.1, 0.15) is 17.5 Å². The predicted molar refractivity (Wildman–Crippen MR) is 98.4 cm³/mol. The van der Waals surface area contributed by atoms with Crippen LogP contribution in [0.25, 0.3) is 0 Å². The molecule has 5 nitrogen and oxygen atoms in total. The van der Waals surface area contributed by atoms with Crippen LogP contribution in [0.5, 0.6) is 0 Å². The number of carbonyl (C=O) groups excluding carboxylic acids is 1. The van der Waals surface area contributed by atoms with Crippen LogP contribution >= 0.6 is 0 Å². The topological polar surface area (TPSA) is 45.5 Å². The fourth-order valence-electron chi connectivity index (χ4n) is 3.20. The number of benzene rings is 1. The van der Waals surface area contributed by atoms with Crippen LogP contribution in [0.2, 0.25) is 0 Å². The minimum absolute atomic E-state index is 0.0571. The highest BCUT2D eigenvalue weighted by Gasteiger charge is 2.21. The molecular weight excluding hydrogens is 314 g/mol. The Kier molecular flexibility index (Phi) is 5.66. The van der Waals surface area contributed by atoms with Gasteiger partial charge >= 0.3 is 0 Å². The highest BCUT2D eigenvalue weighted by Crippen LogP contribution is 2.13. The summed E-state index contributed by atoms with van der Waals surface area (Å²) in [4.78, 5) is 28.4. The molecule has 1 aromatic carbocycles. The fraction of sp³-hybridized carbons (Fsp3) is 0.400. The van der Waals surface area contributed by atoms with Crippen molar-refractivity contribution in [2.24, 2.45) is 0 Å². The first kappa shape index (κ1) is 17.4. The van der Waals surface area contributed by atoms with E-state index in [4.69, 9.17) is 0 Å². The van der Waals surface area contributed by atoms with Crippen molar-refractivity contribution in [2.75, 3.05) is 26.2 Å². The van der Waals surface area contributed by atoms with Crippen molar-refractivity contribution in [1.29, 1.82) is 0 Å². The third-order valence-corrected chi connectivity index (χ3v) is 4.85. The van der Waals surface area contributed by atoms with Crippen LogP contribution in [0.3, 0.4) is 0 Å². The molecular formula is C20H25N3O2. The van der Waals surface area contributed by atoms with Gasteiger partial charge in [0, 0.05) is 58.0 Å². The second-order valence-corrected chi connectivity index (χ2v) is 6.57. The van der Waals surface area contributed by atoms with Crippen LogP contribution in [0.4, 0.5) is 0 Å². The lowest BCUT2D eigenvalue weighted by molar-refractivity contribution is -0.133. The van der Waals surface area contributed by atoms with E-state index in [9.17, 15) is 9.59 Å². The second kappa shape index (κ2) is 8.12. The Morgan fingerprint density at radius 1 is 1.00 bits per heavy atom.